The van der Waals surface area contributed by atoms with Gasteiger partial charge in [0, 0.05) is 18.7 Å². The molecule has 6 heteroatoms. The number of amides is 2. The molecule has 0 radical (unpaired) electrons. The van der Waals surface area contributed by atoms with E-state index in [1.165, 1.54) is 0 Å². The second kappa shape index (κ2) is 11.0. The average molecular weight is 459 g/mol. The highest BCUT2D eigenvalue weighted by Crippen LogP contribution is 2.29. The zero-order valence-electron chi connectivity index (χ0n) is 19.3. The van der Waals surface area contributed by atoms with Gasteiger partial charge in [-0.15, -0.1) is 0 Å². The molecule has 6 nitrogen and oxygen atoms in total. The van der Waals surface area contributed by atoms with Crippen LogP contribution in [0.15, 0.2) is 91.0 Å². The number of rotatable bonds is 7. The number of hydrogen-bond donors (Lipinski definition) is 1. The molecule has 0 aromatic heterocycles. The summed E-state index contributed by atoms with van der Waals surface area (Å²) >= 11 is 0. The van der Waals surface area contributed by atoms with Gasteiger partial charge in [-0.1, -0.05) is 78.9 Å². The molecule has 0 spiro atoms. The van der Waals surface area contributed by atoms with Crippen molar-refractivity contribution in [3.63, 3.8) is 0 Å². The van der Waals surface area contributed by atoms with Gasteiger partial charge in [-0.3, -0.25) is 9.69 Å². The standard InChI is InChI=1S/C28H30N2O4/c1-21(27(32)23-13-7-3-8-14-23)29-18-17-25(19-26(29)31)30(24-15-9-4-10-16-24)28(33)34-20-22-11-5-2-6-12-22/h2-16,21,25,27,32H,17-20H2,1H3. The Morgan fingerprint density at radius 2 is 1.59 bits per heavy atom. The van der Waals surface area contributed by atoms with E-state index in [9.17, 15) is 14.7 Å². The number of aliphatic hydroxyl groups is 1. The summed E-state index contributed by atoms with van der Waals surface area (Å²) < 4.78 is 5.63. The predicted octanol–water partition coefficient (Wildman–Crippen LogP) is 4.94. The third-order valence-electron chi connectivity index (χ3n) is 6.32. The van der Waals surface area contributed by atoms with E-state index in [1.807, 2.05) is 97.9 Å². The topological polar surface area (TPSA) is 70.1 Å². The van der Waals surface area contributed by atoms with Crippen LogP contribution in [-0.2, 0) is 16.1 Å². The number of benzene rings is 3. The Morgan fingerprint density at radius 1 is 1.00 bits per heavy atom. The van der Waals surface area contributed by atoms with Crippen molar-refractivity contribution in [1.29, 1.82) is 0 Å². The van der Waals surface area contributed by atoms with Gasteiger partial charge in [-0.2, -0.15) is 0 Å². The Balaban J connectivity index is 1.46. The van der Waals surface area contributed by atoms with Gasteiger partial charge in [0.15, 0.2) is 0 Å². The molecule has 3 unspecified atom stereocenters. The smallest absolute Gasteiger partial charge is 0.414 e. The largest absolute Gasteiger partial charge is 0.444 e. The molecule has 1 saturated heterocycles. The maximum atomic E-state index is 13.2. The van der Waals surface area contributed by atoms with Crippen molar-refractivity contribution in [1.82, 2.24) is 4.90 Å². The number of piperidine rings is 1. The number of nitrogens with zero attached hydrogens (tertiary/aromatic N) is 2. The number of carbonyl (C=O) groups excluding carboxylic acids is 2. The van der Waals surface area contributed by atoms with E-state index in [1.54, 1.807) is 9.80 Å². The van der Waals surface area contributed by atoms with Gasteiger partial charge in [0.2, 0.25) is 5.91 Å². The quantitative estimate of drug-likeness (QED) is 0.544. The van der Waals surface area contributed by atoms with Crippen molar-refractivity contribution in [2.75, 3.05) is 11.4 Å². The summed E-state index contributed by atoms with van der Waals surface area (Å²) in [7, 11) is 0. The van der Waals surface area contributed by atoms with E-state index in [0.29, 0.717) is 18.7 Å². The number of carbonyl (C=O) groups is 2. The van der Waals surface area contributed by atoms with Crippen molar-refractivity contribution in [2.45, 2.75) is 44.6 Å². The highest BCUT2D eigenvalue weighted by molar-refractivity contribution is 5.90. The fourth-order valence-electron chi connectivity index (χ4n) is 4.43. The maximum absolute atomic E-state index is 13.2. The van der Waals surface area contributed by atoms with Gasteiger partial charge in [0.1, 0.15) is 6.61 Å². The molecular formula is C28H30N2O4. The lowest BCUT2D eigenvalue weighted by atomic mass is 9.96. The maximum Gasteiger partial charge on any atom is 0.414 e. The summed E-state index contributed by atoms with van der Waals surface area (Å²) in [5, 5.41) is 10.8. The molecule has 3 aromatic carbocycles. The molecule has 0 bridgehead atoms. The second-order valence-corrected chi connectivity index (χ2v) is 8.58. The molecular weight excluding hydrogens is 428 g/mol. The van der Waals surface area contributed by atoms with E-state index in [-0.39, 0.29) is 31.0 Å². The van der Waals surface area contributed by atoms with Crippen molar-refractivity contribution < 1.29 is 19.4 Å². The first kappa shape index (κ1) is 23.5. The number of ether oxygens (including phenoxy) is 1. The van der Waals surface area contributed by atoms with Crippen LogP contribution in [-0.4, -0.2) is 40.6 Å². The van der Waals surface area contributed by atoms with Crippen LogP contribution >= 0.6 is 0 Å². The van der Waals surface area contributed by atoms with Crippen molar-refractivity contribution in [3.8, 4) is 0 Å². The zero-order chi connectivity index (χ0) is 23.9. The van der Waals surface area contributed by atoms with Crippen LogP contribution in [0.1, 0.15) is 37.0 Å². The molecule has 2 amide bonds. The van der Waals surface area contributed by atoms with Gasteiger partial charge in [-0.25, -0.2) is 4.79 Å². The molecule has 3 atom stereocenters. The van der Waals surface area contributed by atoms with Crippen LogP contribution in [0.25, 0.3) is 0 Å². The van der Waals surface area contributed by atoms with Crippen LogP contribution in [0.4, 0.5) is 10.5 Å². The second-order valence-electron chi connectivity index (χ2n) is 8.58. The number of hydrogen-bond acceptors (Lipinski definition) is 4. The Morgan fingerprint density at radius 3 is 2.21 bits per heavy atom. The molecule has 1 heterocycles. The molecule has 4 rings (SSSR count). The Labute approximate surface area is 200 Å². The number of para-hydroxylation sites is 1. The first-order valence-corrected chi connectivity index (χ1v) is 11.6. The van der Waals surface area contributed by atoms with Gasteiger partial charge < -0.3 is 14.7 Å². The molecule has 0 saturated carbocycles. The van der Waals surface area contributed by atoms with Gasteiger partial charge in [0.05, 0.1) is 18.2 Å². The van der Waals surface area contributed by atoms with E-state index in [2.05, 4.69) is 0 Å². The first-order valence-electron chi connectivity index (χ1n) is 11.6. The molecule has 0 aliphatic carbocycles. The fraction of sp³-hybridized carbons (Fsp3) is 0.286. The van der Waals surface area contributed by atoms with Crippen molar-refractivity contribution in [3.05, 3.63) is 102 Å². The van der Waals surface area contributed by atoms with Gasteiger partial charge >= 0.3 is 6.09 Å². The zero-order valence-corrected chi connectivity index (χ0v) is 19.3. The molecule has 176 valence electrons. The number of likely N-dealkylation sites (tertiary alicyclic amines) is 1. The van der Waals surface area contributed by atoms with Crippen LogP contribution in [0.3, 0.4) is 0 Å². The van der Waals surface area contributed by atoms with E-state index in [4.69, 9.17) is 4.74 Å². The molecule has 1 N–H and O–H groups in total. The number of anilines is 1. The Kier molecular flexibility index (Phi) is 7.60. The van der Waals surface area contributed by atoms with Crippen molar-refractivity contribution in [2.24, 2.45) is 0 Å². The summed E-state index contributed by atoms with van der Waals surface area (Å²) in [4.78, 5) is 29.6. The minimum absolute atomic E-state index is 0.0875. The highest BCUT2D eigenvalue weighted by atomic mass is 16.6. The Hall–Kier alpha value is -3.64. The number of aliphatic hydroxyl groups excluding tert-OH is 1. The minimum atomic E-state index is -0.775. The Bertz CT molecular complexity index is 1080. The van der Waals surface area contributed by atoms with E-state index < -0.39 is 12.2 Å². The van der Waals surface area contributed by atoms with Crippen molar-refractivity contribution >= 4 is 17.7 Å². The lowest BCUT2D eigenvalue weighted by Gasteiger charge is -2.41. The summed E-state index contributed by atoms with van der Waals surface area (Å²) in [5.74, 6) is -0.0875. The molecule has 1 aliphatic rings. The van der Waals surface area contributed by atoms with E-state index >= 15 is 0 Å². The monoisotopic (exact) mass is 458 g/mol. The van der Waals surface area contributed by atoms with Crippen LogP contribution in [0.5, 0.6) is 0 Å². The lowest BCUT2D eigenvalue weighted by molar-refractivity contribution is -0.138. The summed E-state index contributed by atoms with van der Waals surface area (Å²) in [6, 6.07) is 27.5. The molecule has 1 fully saturated rings. The molecule has 3 aromatic rings. The molecule has 1 aliphatic heterocycles. The van der Waals surface area contributed by atoms with Crippen LogP contribution in [0, 0.1) is 0 Å². The normalized spacial score (nSPS) is 17.6. The average Bonchev–Trinajstić information content (AvgIpc) is 2.89. The highest BCUT2D eigenvalue weighted by Gasteiger charge is 2.37. The van der Waals surface area contributed by atoms with Gasteiger partial charge in [0.25, 0.3) is 0 Å². The van der Waals surface area contributed by atoms with E-state index in [0.717, 1.165) is 11.1 Å². The summed E-state index contributed by atoms with van der Waals surface area (Å²) in [5.41, 5.74) is 2.38. The lowest BCUT2D eigenvalue weighted by Crippen LogP contribution is -2.53. The molecule has 34 heavy (non-hydrogen) atoms. The van der Waals surface area contributed by atoms with Gasteiger partial charge in [-0.05, 0) is 36.6 Å². The fourth-order valence-corrected chi connectivity index (χ4v) is 4.43. The third-order valence-corrected chi connectivity index (χ3v) is 6.32. The minimum Gasteiger partial charge on any atom is -0.444 e. The SMILES string of the molecule is CC(C(O)c1ccccc1)N1CCC(N(C(=O)OCc2ccccc2)c2ccccc2)CC1=O. The first-order chi connectivity index (χ1) is 16.5. The van der Waals surface area contributed by atoms with Crippen LogP contribution < -0.4 is 4.90 Å². The van der Waals surface area contributed by atoms with Crippen LogP contribution in [0.2, 0.25) is 0 Å². The summed E-state index contributed by atoms with van der Waals surface area (Å²) in [6.45, 7) is 2.47. The third kappa shape index (κ3) is 5.46. The summed E-state index contributed by atoms with van der Waals surface area (Å²) in [6.07, 6.45) is -0.491. The predicted molar refractivity (Wildman–Crippen MR) is 131 cm³/mol.